The van der Waals surface area contributed by atoms with E-state index in [2.05, 4.69) is 87.2 Å². The topological polar surface area (TPSA) is 26.3 Å². The number of Topliss-reactive ketones (excluding diaryl/α,β-unsaturated/α-hetero) is 1. The Balaban J connectivity index is 2.60. The van der Waals surface area contributed by atoms with E-state index in [-0.39, 0.29) is 16.4 Å². The molecule has 1 aromatic carbocycles. The van der Waals surface area contributed by atoms with Gasteiger partial charge in [-0.2, -0.15) is 0 Å². The molecule has 0 radical (unpaired) electrons. The number of carbonyl (C=O) groups excluding carboxylic acids is 1. The number of unbranched alkanes of at least 4 members (excludes halogenated alkanes) is 3. The number of ketones is 1. The fourth-order valence-electron chi connectivity index (χ4n) is 5.18. The summed E-state index contributed by atoms with van der Waals surface area (Å²) in [5.41, 5.74) is 5.19. The minimum Gasteiger partial charge on any atom is -0.543 e. The second-order valence-electron chi connectivity index (χ2n) is 13.1. The lowest BCUT2D eigenvalue weighted by Crippen LogP contribution is -2.44. The highest BCUT2D eigenvalue weighted by Crippen LogP contribution is 2.48. The summed E-state index contributed by atoms with van der Waals surface area (Å²) in [6.45, 7) is 27.3. The first-order valence-electron chi connectivity index (χ1n) is 13.6. The predicted molar refractivity (Wildman–Crippen MR) is 151 cm³/mol. The van der Waals surface area contributed by atoms with Crippen molar-refractivity contribution < 1.29 is 9.22 Å². The van der Waals surface area contributed by atoms with E-state index in [1.165, 1.54) is 54.4 Å². The monoisotopic (exact) mass is 484 g/mol. The second kappa shape index (κ2) is 11.1. The molecule has 0 N–H and O–H groups in total. The maximum absolute atomic E-state index is 12.6. The predicted octanol–water partition coefficient (Wildman–Crippen LogP) is 9.66. The largest absolute Gasteiger partial charge is 0.543 e. The van der Waals surface area contributed by atoms with E-state index in [1.54, 1.807) is 0 Å². The lowest BCUT2D eigenvalue weighted by atomic mass is 9.70. The quantitative estimate of drug-likeness (QED) is 0.188. The molecular weight excluding hydrogens is 432 g/mol. The summed E-state index contributed by atoms with van der Waals surface area (Å²) in [4.78, 5) is 12.6. The van der Waals surface area contributed by atoms with Crippen molar-refractivity contribution in [3.05, 3.63) is 41.0 Å². The Kier molecular flexibility index (Phi) is 9.47. The number of carbonyl (C=O) groups is 1. The molecule has 2 rings (SSSR count). The van der Waals surface area contributed by atoms with Gasteiger partial charge >= 0.3 is 0 Å². The Morgan fingerprint density at radius 1 is 1.12 bits per heavy atom. The molecule has 1 aliphatic rings. The van der Waals surface area contributed by atoms with Crippen molar-refractivity contribution in [1.29, 1.82) is 0 Å². The van der Waals surface area contributed by atoms with Crippen LogP contribution in [0.1, 0.15) is 122 Å². The summed E-state index contributed by atoms with van der Waals surface area (Å²) in [5, 5.41) is 0.111. The van der Waals surface area contributed by atoms with Crippen LogP contribution in [0.5, 0.6) is 5.75 Å². The highest BCUT2D eigenvalue weighted by molar-refractivity contribution is 6.74. The number of hydrogen-bond acceptors (Lipinski definition) is 2. The van der Waals surface area contributed by atoms with Gasteiger partial charge in [-0.25, -0.2) is 0 Å². The summed E-state index contributed by atoms with van der Waals surface area (Å²) in [5.74, 6) is 1.92. The number of rotatable bonds is 10. The Bertz CT molecular complexity index is 872. The molecule has 3 heteroatoms. The Hall–Kier alpha value is -1.35. The third kappa shape index (κ3) is 6.86. The van der Waals surface area contributed by atoms with E-state index in [0.29, 0.717) is 24.5 Å². The van der Waals surface area contributed by atoms with Crippen LogP contribution in [-0.2, 0) is 10.2 Å². The SMILES string of the molecule is C=C(C)[C@@H]1CCC(=O)C[C@H]1c1c(C)cc(C(C)(C)CCCCCC)cc1O[Si](C)(C)C(C)(C)C. The van der Waals surface area contributed by atoms with Crippen LogP contribution >= 0.6 is 0 Å². The first-order valence-corrected chi connectivity index (χ1v) is 16.5. The number of hydrogen-bond donors (Lipinski definition) is 0. The molecule has 0 aliphatic heterocycles. The molecule has 0 aromatic heterocycles. The van der Waals surface area contributed by atoms with E-state index in [0.717, 1.165) is 12.2 Å². The van der Waals surface area contributed by atoms with Crippen LogP contribution in [-0.4, -0.2) is 14.1 Å². The van der Waals surface area contributed by atoms with Crippen LogP contribution in [0, 0.1) is 12.8 Å². The average molecular weight is 485 g/mol. The molecule has 0 unspecified atom stereocenters. The van der Waals surface area contributed by atoms with Crippen molar-refractivity contribution in [2.45, 2.75) is 136 Å². The number of benzene rings is 1. The zero-order valence-electron chi connectivity index (χ0n) is 24.0. The first kappa shape index (κ1) is 28.9. The van der Waals surface area contributed by atoms with Gasteiger partial charge in [0, 0.05) is 18.8 Å². The molecule has 1 fully saturated rings. The molecule has 192 valence electrons. The zero-order chi connectivity index (χ0) is 25.9. The van der Waals surface area contributed by atoms with Crippen LogP contribution in [0.15, 0.2) is 24.3 Å². The van der Waals surface area contributed by atoms with Gasteiger partial charge in [-0.3, -0.25) is 4.79 Å². The van der Waals surface area contributed by atoms with Crippen LogP contribution in [0.2, 0.25) is 18.1 Å². The first-order chi connectivity index (χ1) is 15.6. The van der Waals surface area contributed by atoms with E-state index in [9.17, 15) is 4.79 Å². The normalized spacial score (nSPS) is 19.9. The maximum atomic E-state index is 12.6. The Morgan fingerprint density at radius 3 is 2.32 bits per heavy atom. The molecular formula is C31H52O2Si. The van der Waals surface area contributed by atoms with Gasteiger partial charge in [-0.1, -0.05) is 85.4 Å². The van der Waals surface area contributed by atoms with Crippen LogP contribution in [0.3, 0.4) is 0 Å². The summed E-state index contributed by atoms with van der Waals surface area (Å²) in [7, 11) is -2.06. The highest BCUT2D eigenvalue weighted by Gasteiger charge is 2.41. The number of allylic oxidation sites excluding steroid dienone is 1. The summed E-state index contributed by atoms with van der Waals surface area (Å²) < 4.78 is 7.07. The van der Waals surface area contributed by atoms with Crippen molar-refractivity contribution in [3.63, 3.8) is 0 Å². The summed E-state index contributed by atoms with van der Waals surface area (Å²) in [6.07, 6.45) is 8.50. The molecule has 1 aliphatic carbocycles. The lowest BCUT2D eigenvalue weighted by molar-refractivity contribution is -0.121. The van der Waals surface area contributed by atoms with Gasteiger partial charge in [0.05, 0.1) is 0 Å². The van der Waals surface area contributed by atoms with Crippen molar-refractivity contribution in [2.75, 3.05) is 0 Å². The fraction of sp³-hybridized carbons (Fsp3) is 0.710. The van der Waals surface area contributed by atoms with Crippen molar-refractivity contribution in [1.82, 2.24) is 0 Å². The van der Waals surface area contributed by atoms with Crippen molar-refractivity contribution in [2.24, 2.45) is 5.92 Å². The van der Waals surface area contributed by atoms with Crippen LogP contribution < -0.4 is 4.43 Å². The van der Waals surface area contributed by atoms with Crippen molar-refractivity contribution in [3.8, 4) is 5.75 Å². The molecule has 34 heavy (non-hydrogen) atoms. The smallest absolute Gasteiger partial charge is 0.250 e. The van der Waals surface area contributed by atoms with E-state index in [4.69, 9.17) is 4.43 Å². The standard InChI is InChI=1S/C31H52O2Si/c1-12-13-14-15-18-31(8,9)24-19-23(4)29(27-21-25(32)16-17-26(27)22(2)3)28(20-24)33-34(10,11)30(5,6)7/h19-20,26-27H,2,12-18,21H2,1,3-11H3/t26-,27+/m0/s1. The van der Waals surface area contributed by atoms with Gasteiger partial charge < -0.3 is 4.43 Å². The summed E-state index contributed by atoms with van der Waals surface area (Å²) >= 11 is 0. The molecule has 0 bridgehead atoms. The zero-order valence-corrected chi connectivity index (χ0v) is 25.0. The minimum atomic E-state index is -2.06. The molecule has 0 amide bonds. The highest BCUT2D eigenvalue weighted by atomic mass is 28.4. The fourth-order valence-corrected chi connectivity index (χ4v) is 6.21. The van der Waals surface area contributed by atoms with Gasteiger partial charge in [-0.05, 0) is 78.9 Å². The van der Waals surface area contributed by atoms with Gasteiger partial charge in [0.2, 0.25) is 8.32 Å². The van der Waals surface area contributed by atoms with Crippen LogP contribution in [0.25, 0.3) is 0 Å². The van der Waals surface area contributed by atoms with Crippen molar-refractivity contribution >= 4 is 14.1 Å². The molecule has 0 spiro atoms. The third-order valence-electron chi connectivity index (χ3n) is 8.63. The van der Waals surface area contributed by atoms with Gasteiger partial charge in [-0.15, -0.1) is 0 Å². The minimum absolute atomic E-state index is 0.0959. The average Bonchev–Trinajstić information content (AvgIpc) is 2.69. The Labute approximate surface area is 212 Å². The molecule has 0 heterocycles. The molecule has 1 saturated carbocycles. The molecule has 2 nitrogen and oxygen atoms in total. The lowest BCUT2D eigenvalue weighted by Gasteiger charge is -2.40. The van der Waals surface area contributed by atoms with Gasteiger partial charge in [0.1, 0.15) is 11.5 Å². The molecule has 1 aromatic rings. The van der Waals surface area contributed by atoms with Crippen LogP contribution in [0.4, 0.5) is 0 Å². The van der Waals surface area contributed by atoms with Gasteiger partial charge in [0.25, 0.3) is 0 Å². The number of aryl methyl sites for hydroxylation is 1. The van der Waals surface area contributed by atoms with E-state index in [1.807, 2.05) is 0 Å². The van der Waals surface area contributed by atoms with E-state index >= 15 is 0 Å². The Morgan fingerprint density at radius 2 is 1.76 bits per heavy atom. The maximum Gasteiger partial charge on any atom is 0.250 e. The molecule has 2 atom stereocenters. The van der Waals surface area contributed by atoms with E-state index < -0.39 is 8.32 Å². The third-order valence-corrected chi connectivity index (χ3v) is 13.0. The molecule has 0 saturated heterocycles. The summed E-state index contributed by atoms with van der Waals surface area (Å²) in [6, 6.07) is 4.74. The second-order valence-corrected chi connectivity index (χ2v) is 17.8. The van der Waals surface area contributed by atoms with Gasteiger partial charge in [0.15, 0.2) is 0 Å².